The van der Waals surface area contributed by atoms with Gasteiger partial charge in [-0.15, -0.1) is 11.3 Å². The number of hydrogen-bond acceptors (Lipinski definition) is 7. The van der Waals surface area contributed by atoms with Crippen molar-refractivity contribution >= 4 is 33.5 Å². The molecule has 170 valence electrons. The molecule has 0 atom stereocenters. The van der Waals surface area contributed by atoms with E-state index in [2.05, 4.69) is 32.8 Å². The zero-order valence-electron chi connectivity index (χ0n) is 19.3. The molecule has 0 radical (unpaired) electrons. The molecule has 5 rings (SSSR count). The lowest BCUT2D eigenvalue weighted by Crippen LogP contribution is -2.57. The molecule has 0 amide bonds. The van der Waals surface area contributed by atoms with Gasteiger partial charge in [0.15, 0.2) is 0 Å². The summed E-state index contributed by atoms with van der Waals surface area (Å²) in [7, 11) is 0. The fraction of sp³-hybridized carbons (Fsp3) is 0.542. The van der Waals surface area contributed by atoms with Crippen LogP contribution in [0.4, 0.5) is 10.6 Å². The van der Waals surface area contributed by atoms with E-state index in [0.717, 1.165) is 55.5 Å². The smallest absolute Gasteiger partial charge is 0.418 e. The van der Waals surface area contributed by atoms with Crippen molar-refractivity contribution in [3.8, 4) is 0 Å². The molecule has 3 aromatic rings. The van der Waals surface area contributed by atoms with Crippen LogP contribution in [0.2, 0.25) is 0 Å². The molecule has 7 nitrogen and oxygen atoms in total. The third-order valence-electron chi connectivity index (χ3n) is 6.37. The quantitative estimate of drug-likeness (QED) is 0.577. The molecule has 2 aliphatic rings. The molecule has 0 aliphatic carbocycles. The van der Waals surface area contributed by atoms with Gasteiger partial charge in [0.05, 0.1) is 5.39 Å². The number of aromatic nitrogens is 3. The first-order valence-electron chi connectivity index (χ1n) is 11.4. The molecule has 0 unspecified atom stereocenters. The number of carbonyl (C=O) groups excluding carboxylic acids is 1. The molecule has 0 N–H and O–H groups in total. The van der Waals surface area contributed by atoms with Crippen LogP contribution in [0.3, 0.4) is 0 Å². The Kier molecular flexibility index (Phi) is 5.25. The average molecular weight is 454 g/mol. The van der Waals surface area contributed by atoms with E-state index in [0.29, 0.717) is 5.41 Å². The van der Waals surface area contributed by atoms with Crippen LogP contribution in [0.25, 0.3) is 10.2 Å². The minimum Gasteiger partial charge on any atom is -0.443 e. The number of likely N-dealkylation sites (tertiary alicyclic amines) is 1. The number of thiophene rings is 1. The second kappa shape index (κ2) is 7.85. The molecule has 32 heavy (non-hydrogen) atoms. The van der Waals surface area contributed by atoms with Crippen molar-refractivity contribution in [3.63, 3.8) is 0 Å². The Morgan fingerprint density at radius 2 is 2.06 bits per heavy atom. The first kappa shape index (κ1) is 21.4. The van der Waals surface area contributed by atoms with Crippen LogP contribution >= 0.6 is 11.3 Å². The molecule has 0 saturated carbocycles. The largest absolute Gasteiger partial charge is 0.443 e. The van der Waals surface area contributed by atoms with Crippen LogP contribution in [0.15, 0.2) is 30.7 Å². The van der Waals surface area contributed by atoms with Crippen LogP contribution in [0, 0.1) is 5.41 Å². The number of ether oxygens (including phenoxy) is 1. The number of fused-ring (bicyclic) bond motifs is 1. The summed E-state index contributed by atoms with van der Waals surface area (Å²) in [6.07, 6.45) is 5.39. The van der Waals surface area contributed by atoms with Gasteiger partial charge in [0.1, 0.15) is 22.6 Å². The first-order chi connectivity index (χ1) is 15.3. The summed E-state index contributed by atoms with van der Waals surface area (Å²) in [6, 6.07) is 6.19. The van der Waals surface area contributed by atoms with Crippen LogP contribution in [-0.2, 0) is 17.7 Å². The number of rotatable bonds is 4. The maximum Gasteiger partial charge on any atom is 0.418 e. The molecule has 1 spiro atoms. The SMILES string of the molecule is CCc1cc2c(N3CCC4(CN(Cc5cccn5C(=O)OC(C)(C)C)C4)C3)ncnc2s1. The van der Waals surface area contributed by atoms with Gasteiger partial charge < -0.3 is 9.64 Å². The fourth-order valence-electron chi connectivity index (χ4n) is 4.97. The van der Waals surface area contributed by atoms with Gasteiger partial charge in [0.25, 0.3) is 0 Å². The molecule has 2 aliphatic heterocycles. The summed E-state index contributed by atoms with van der Waals surface area (Å²) in [5.41, 5.74) is 0.788. The normalized spacial score (nSPS) is 18.4. The standard InChI is InChI=1S/C24H31N5O2S/c1-5-18-11-19-20(25-16-26-21(19)32-18)28-10-8-24(15-28)13-27(14-24)12-17-7-6-9-29(17)22(30)31-23(2,3)4/h6-7,9,11,16H,5,8,10,12-15H2,1-4H3. The molecule has 0 bridgehead atoms. The van der Waals surface area contributed by atoms with Crippen molar-refractivity contribution in [2.45, 2.75) is 52.7 Å². The van der Waals surface area contributed by atoms with Gasteiger partial charge in [0.2, 0.25) is 0 Å². The lowest BCUT2D eigenvalue weighted by molar-refractivity contribution is 0.00925. The van der Waals surface area contributed by atoms with E-state index in [4.69, 9.17) is 4.74 Å². The molecular weight excluding hydrogens is 422 g/mol. The van der Waals surface area contributed by atoms with E-state index in [9.17, 15) is 4.79 Å². The minimum atomic E-state index is -0.500. The third-order valence-corrected chi connectivity index (χ3v) is 7.56. The summed E-state index contributed by atoms with van der Waals surface area (Å²) >= 11 is 1.77. The number of aryl methyl sites for hydroxylation is 1. The molecule has 8 heteroatoms. The maximum absolute atomic E-state index is 12.5. The zero-order valence-corrected chi connectivity index (χ0v) is 20.1. The molecule has 2 fully saturated rings. The highest BCUT2D eigenvalue weighted by Crippen LogP contribution is 2.43. The van der Waals surface area contributed by atoms with E-state index in [1.807, 2.05) is 32.9 Å². The molecule has 3 aromatic heterocycles. The molecular formula is C24H31N5O2S. The van der Waals surface area contributed by atoms with Gasteiger partial charge in [-0.3, -0.25) is 9.47 Å². The molecule has 2 saturated heterocycles. The summed E-state index contributed by atoms with van der Waals surface area (Å²) in [6.45, 7) is 12.8. The molecule has 5 heterocycles. The van der Waals surface area contributed by atoms with E-state index >= 15 is 0 Å². The Morgan fingerprint density at radius 3 is 2.81 bits per heavy atom. The van der Waals surface area contributed by atoms with E-state index in [-0.39, 0.29) is 6.09 Å². The highest BCUT2D eigenvalue weighted by molar-refractivity contribution is 7.18. The monoisotopic (exact) mass is 453 g/mol. The van der Waals surface area contributed by atoms with Gasteiger partial charge in [-0.1, -0.05) is 6.92 Å². The third kappa shape index (κ3) is 4.01. The topological polar surface area (TPSA) is 63.5 Å². The Bertz CT molecular complexity index is 1140. The van der Waals surface area contributed by atoms with Crippen molar-refractivity contribution in [2.24, 2.45) is 5.41 Å². The highest BCUT2D eigenvalue weighted by Gasteiger charge is 2.48. The van der Waals surface area contributed by atoms with Gasteiger partial charge in [0, 0.05) is 54.9 Å². The predicted molar refractivity (Wildman–Crippen MR) is 127 cm³/mol. The Balaban J connectivity index is 1.23. The van der Waals surface area contributed by atoms with E-state index in [1.165, 1.54) is 16.7 Å². The van der Waals surface area contributed by atoms with Crippen molar-refractivity contribution in [3.05, 3.63) is 41.3 Å². The summed E-state index contributed by atoms with van der Waals surface area (Å²) in [5.74, 6) is 1.08. The number of carbonyl (C=O) groups is 1. The van der Waals surface area contributed by atoms with Gasteiger partial charge in [-0.25, -0.2) is 14.8 Å². The van der Waals surface area contributed by atoms with Crippen molar-refractivity contribution in [1.82, 2.24) is 19.4 Å². The number of hydrogen-bond donors (Lipinski definition) is 0. The summed E-state index contributed by atoms with van der Waals surface area (Å²) in [5, 5.41) is 1.19. The summed E-state index contributed by atoms with van der Waals surface area (Å²) in [4.78, 5) is 29.0. The molecule has 0 aromatic carbocycles. The lowest BCUT2D eigenvalue weighted by atomic mass is 9.79. The van der Waals surface area contributed by atoms with E-state index in [1.54, 1.807) is 28.4 Å². The van der Waals surface area contributed by atoms with Crippen LogP contribution < -0.4 is 4.90 Å². The first-order valence-corrected chi connectivity index (χ1v) is 12.2. The van der Waals surface area contributed by atoms with Crippen molar-refractivity contribution in [2.75, 3.05) is 31.1 Å². The van der Waals surface area contributed by atoms with Crippen LogP contribution in [0.5, 0.6) is 0 Å². The van der Waals surface area contributed by atoms with Crippen molar-refractivity contribution < 1.29 is 9.53 Å². The van der Waals surface area contributed by atoms with Gasteiger partial charge >= 0.3 is 6.09 Å². The van der Waals surface area contributed by atoms with E-state index < -0.39 is 5.60 Å². The zero-order chi connectivity index (χ0) is 22.5. The lowest BCUT2D eigenvalue weighted by Gasteiger charge is -2.48. The second-order valence-corrected chi connectivity index (χ2v) is 11.3. The van der Waals surface area contributed by atoms with Crippen molar-refractivity contribution in [1.29, 1.82) is 0 Å². The average Bonchev–Trinajstić information content (AvgIpc) is 3.43. The van der Waals surface area contributed by atoms with Crippen LogP contribution in [0.1, 0.15) is 44.7 Å². The highest BCUT2D eigenvalue weighted by atomic mass is 32.1. The van der Waals surface area contributed by atoms with Gasteiger partial charge in [-0.2, -0.15) is 0 Å². The number of anilines is 1. The van der Waals surface area contributed by atoms with Gasteiger partial charge in [-0.05, 0) is 51.8 Å². The second-order valence-electron chi connectivity index (χ2n) is 10.1. The Morgan fingerprint density at radius 1 is 1.25 bits per heavy atom. The Labute approximate surface area is 193 Å². The Hall–Kier alpha value is -2.45. The minimum absolute atomic E-state index is 0.310. The summed E-state index contributed by atoms with van der Waals surface area (Å²) < 4.78 is 7.18. The maximum atomic E-state index is 12.5. The predicted octanol–water partition coefficient (Wildman–Crippen LogP) is 4.55. The number of nitrogens with zero attached hydrogens (tertiary/aromatic N) is 5. The fourth-order valence-corrected chi connectivity index (χ4v) is 5.90. The van der Waals surface area contributed by atoms with Crippen LogP contribution in [-0.4, -0.2) is 57.3 Å².